The lowest BCUT2D eigenvalue weighted by molar-refractivity contribution is -0.131. The Labute approximate surface area is 205 Å². The number of hydrogen-bond donors (Lipinski definition) is 4. The highest BCUT2D eigenvalue weighted by molar-refractivity contribution is 6.30. The lowest BCUT2D eigenvalue weighted by Crippen LogP contribution is -2.53. The molecule has 0 aromatic heterocycles. The minimum Gasteiger partial charge on any atom is -0.497 e. The Bertz CT molecular complexity index is 901. The van der Waals surface area contributed by atoms with Gasteiger partial charge in [0.05, 0.1) is 39.7 Å². The predicted molar refractivity (Wildman–Crippen MR) is 129 cm³/mol. The number of likely N-dealkylation sites (N-methyl/N-ethyl adjacent to an activating group) is 1. The van der Waals surface area contributed by atoms with Crippen molar-refractivity contribution in [1.82, 2.24) is 20.9 Å². The first-order valence-electron chi connectivity index (χ1n) is 11.2. The summed E-state index contributed by atoms with van der Waals surface area (Å²) < 4.78 is 16.8. The fraction of sp³-hybridized carbons (Fsp3) is 0.458. The fourth-order valence-electron chi connectivity index (χ4n) is 3.80. The summed E-state index contributed by atoms with van der Waals surface area (Å²) in [6.07, 6.45) is -0.846. The molecule has 10 heteroatoms. The van der Waals surface area contributed by atoms with Crippen molar-refractivity contribution in [1.29, 1.82) is 0 Å². The van der Waals surface area contributed by atoms with Gasteiger partial charge in [-0.15, -0.1) is 0 Å². The molecule has 3 rings (SSSR count). The largest absolute Gasteiger partial charge is 0.497 e. The molecule has 0 saturated carbocycles. The zero-order chi connectivity index (χ0) is 24.3. The number of nitrogens with zero attached hydrogens (tertiary/aromatic N) is 1. The molecule has 0 spiro atoms. The average Bonchev–Trinajstić information content (AvgIpc) is 3.21. The van der Waals surface area contributed by atoms with Gasteiger partial charge < -0.3 is 30.0 Å². The third-order valence-electron chi connectivity index (χ3n) is 5.48. The third-order valence-corrected chi connectivity index (χ3v) is 5.73. The lowest BCUT2D eigenvalue weighted by Gasteiger charge is -2.29. The second kappa shape index (κ2) is 13.6. The minimum absolute atomic E-state index is 0.0521. The van der Waals surface area contributed by atoms with Crippen LogP contribution in [0.25, 0.3) is 0 Å². The first-order chi connectivity index (χ1) is 16.5. The Hall–Kier alpha value is -2.24. The van der Waals surface area contributed by atoms with Crippen LogP contribution in [-0.2, 0) is 27.4 Å². The van der Waals surface area contributed by atoms with E-state index in [1.165, 1.54) is 0 Å². The maximum absolute atomic E-state index is 13.2. The fourth-order valence-corrected chi connectivity index (χ4v) is 3.93. The molecule has 2 aromatic carbocycles. The summed E-state index contributed by atoms with van der Waals surface area (Å²) in [5.74, 6) is 0.605. The highest BCUT2D eigenvalue weighted by Gasteiger charge is 2.44. The molecule has 3 unspecified atom stereocenters. The quantitative estimate of drug-likeness (QED) is 0.310. The molecule has 186 valence electrons. The van der Waals surface area contributed by atoms with Gasteiger partial charge >= 0.3 is 0 Å². The molecule has 1 aliphatic heterocycles. The lowest BCUT2D eigenvalue weighted by atomic mass is 10.1. The highest BCUT2D eigenvalue weighted by Crippen LogP contribution is 2.23. The Balaban J connectivity index is 1.74. The Morgan fingerprint density at radius 2 is 1.97 bits per heavy atom. The molecule has 3 atom stereocenters. The van der Waals surface area contributed by atoms with E-state index in [0.717, 1.165) is 16.9 Å². The smallest absolute Gasteiger partial charge is 0.240 e. The zero-order valence-corrected chi connectivity index (χ0v) is 20.3. The Morgan fingerprint density at radius 3 is 2.68 bits per heavy atom. The molecule has 1 saturated heterocycles. The maximum atomic E-state index is 13.2. The number of hydrogen-bond acceptors (Lipinski definition) is 8. The van der Waals surface area contributed by atoms with E-state index in [0.29, 0.717) is 31.3 Å². The van der Waals surface area contributed by atoms with Crippen LogP contribution in [0.2, 0.25) is 5.02 Å². The van der Waals surface area contributed by atoms with E-state index < -0.39 is 12.4 Å². The summed E-state index contributed by atoms with van der Waals surface area (Å²) in [5, 5.41) is 19.0. The number of nitrogens with one attached hydrogen (secondary N) is 3. The third kappa shape index (κ3) is 7.38. The molecule has 2 aromatic rings. The summed E-state index contributed by atoms with van der Waals surface area (Å²) in [6, 6.07) is 14.7. The molecule has 0 aliphatic carbocycles. The second-order valence-electron chi connectivity index (χ2n) is 7.82. The molecule has 1 fully saturated rings. The van der Waals surface area contributed by atoms with Crippen molar-refractivity contribution in [2.24, 2.45) is 0 Å². The summed E-state index contributed by atoms with van der Waals surface area (Å²) >= 11 is 6.05. The van der Waals surface area contributed by atoms with E-state index in [1.54, 1.807) is 14.2 Å². The van der Waals surface area contributed by atoms with Gasteiger partial charge in [-0.3, -0.25) is 10.1 Å². The minimum atomic E-state index is -0.533. The van der Waals surface area contributed by atoms with Gasteiger partial charge in [0.15, 0.2) is 6.35 Å². The normalized spacial score (nSPS) is 20.4. The van der Waals surface area contributed by atoms with Gasteiger partial charge in [-0.25, -0.2) is 4.90 Å². The first-order valence-corrected chi connectivity index (χ1v) is 11.6. The van der Waals surface area contributed by atoms with Crippen LogP contribution in [-0.4, -0.2) is 75.0 Å². The molecule has 34 heavy (non-hydrogen) atoms. The Morgan fingerprint density at radius 1 is 1.18 bits per heavy atom. The number of benzene rings is 2. The SMILES string of the molecule is CNC1NC(OCc2cccc(OC)c2)N(Cc2ccc(Cl)cc2)C1C(=O)NCCOCCO. The number of aliphatic hydroxyl groups excluding tert-OH is 1. The van der Waals surface area contributed by atoms with E-state index in [2.05, 4.69) is 16.0 Å². The molecule has 1 amide bonds. The summed E-state index contributed by atoms with van der Waals surface area (Å²) in [7, 11) is 3.43. The molecule has 1 aliphatic rings. The van der Waals surface area contributed by atoms with E-state index in [9.17, 15) is 4.79 Å². The number of amides is 1. The molecule has 4 N–H and O–H groups in total. The van der Waals surface area contributed by atoms with Crippen LogP contribution in [0.15, 0.2) is 48.5 Å². The zero-order valence-electron chi connectivity index (χ0n) is 19.5. The van der Waals surface area contributed by atoms with Crippen molar-refractivity contribution in [3.63, 3.8) is 0 Å². The van der Waals surface area contributed by atoms with E-state index in [1.807, 2.05) is 53.4 Å². The predicted octanol–water partition coefficient (Wildman–Crippen LogP) is 1.29. The monoisotopic (exact) mass is 492 g/mol. The van der Waals surface area contributed by atoms with Gasteiger partial charge in [-0.1, -0.05) is 35.9 Å². The first kappa shape index (κ1) is 26.4. The molecule has 9 nitrogen and oxygen atoms in total. The van der Waals surface area contributed by atoms with Crippen LogP contribution in [0.3, 0.4) is 0 Å². The van der Waals surface area contributed by atoms with Gasteiger partial charge in [-0.2, -0.15) is 0 Å². The van der Waals surface area contributed by atoms with E-state index in [4.69, 9.17) is 30.9 Å². The number of ether oxygens (including phenoxy) is 3. The van der Waals surface area contributed by atoms with Crippen LogP contribution < -0.4 is 20.7 Å². The number of aliphatic hydroxyl groups is 1. The summed E-state index contributed by atoms with van der Waals surface area (Å²) in [6.45, 7) is 1.67. The topological polar surface area (TPSA) is 104 Å². The van der Waals surface area contributed by atoms with Crippen molar-refractivity contribution in [2.75, 3.05) is 40.5 Å². The second-order valence-corrected chi connectivity index (χ2v) is 8.25. The van der Waals surface area contributed by atoms with E-state index in [-0.39, 0.29) is 25.3 Å². The van der Waals surface area contributed by atoms with Crippen LogP contribution in [0, 0.1) is 0 Å². The van der Waals surface area contributed by atoms with Gasteiger partial charge in [0.2, 0.25) is 5.91 Å². The van der Waals surface area contributed by atoms with E-state index >= 15 is 0 Å². The number of carbonyl (C=O) groups excluding carboxylic acids is 1. The van der Waals surface area contributed by atoms with Crippen LogP contribution >= 0.6 is 11.6 Å². The van der Waals surface area contributed by atoms with Crippen molar-refractivity contribution in [2.45, 2.75) is 31.7 Å². The summed E-state index contributed by atoms with van der Waals surface area (Å²) in [5.41, 5.74) is 1.96. The average molecular weight is 493 g/mol. The van der Waals surface area contributed by atoms with Gasteiger partial charge in [-0.05, 0) is 42.4 Å². The number of rotatable bonds is 13. The van der Waals surface area contributed by atoms with Gasteiger partial charge in [0, 0.05) is 18.1 Å². The van der Waals surface area contributed by atoms with Crippen molar-refractivity contribution in [3.8, 4) is 5.75 Å². The maximum Gasteiger partial charge on any atom is 0.240 e. The number of halogens is 1. The summed E-state index contributed by atoms with van der Waals surface area (Å²) in [4.78, 5) is 15.2. The molecule has 0 radical (unpaired) electrons. The molecular weight excluding hydrogens is 460 g/mol. The standard InChI is InChI=1S/C24H33ClN4O5/c1-26-22-21(23(31)27-10-12-33-13-11-30)29(15-17-6-8-19(25)9-7-17)24(28-22)34-16-18-4-3-5-20(14-18)32-2/h3-9,14,21-22,24,26,28,30H,10-13,15-16H2,1-2H3,(H,27,31). The van der Waals surface area contributed by atoms with Crippen molar-refractivity contribution in [3.05, 3.63) is 64.7 Å². The van der Waals surface area contributed by atoms with Crippen LogP contribution in [0.1, 0.15) is 11.1 Å². The van der Waals surface area contributed by atoms with Crippen LogP contribution in [0.5, 0.6) is 5.75 Å². The van der Waals surface area contributed by atoms with Crippen molar-refractivity contribution >= 4 is 17.5 Å². The molecule has 1 heterocycles. The Kier molecular flexibility index (Phi) is 10.5. The van der Waals surface area contributed by atoms with Gasteiger partial charge in [0.1, 0.15) is 11.8 Å². The van der Waals surface area contributed by atoms with Gasteiger partial charge in [0.25, 0.3) is 0 Å². The highest BCUT2D eigenvalue weighted by atomic mass is 35.5. The molecular formula is C24H33ClN4O5. The number of carbonyl (C=O) groups is 1. The number of methoxy groups -OCH3 is 1. The molecule has 0 bridgehead atoms. The van der Waals surface area contributed by atoms with Crippen molar-refractivity contribution < 1.29 is 24.1 Å². The van der Waals surface area contributed by atoms with Crippen LogP contribution in [0.4, 0.5) is 0 Å².